The second-order valence-corrected chi connectivity index (χ2v) is 7.65. The van der Waals surface area contributed by atoms with Gasteiger partial charge in [-0.05, 0) is 28.7 Å². The first-order chi connectivity index (χ1) is 11.4. The highest BCUT2D eigenvalue weighted by molar-refractivity contribution is 7.98. The Bertz CT molecular complexity index is 802. The van der Waals surface area contributed by atoms with E-state index in [4.69, 9.17) is 0 Å². The Morgan fingerprint density at radius 2 is 1.67 bits per heavy atom. The fourth-order valence-corrected chi connectivity index (χ4v) is 3.05. The minimum absolute atomic E-state index is 0.135. The lowest BCUT2D eigenvalue weighted by atomic mass is 9.87. The SMILES string of the molecule is CC(C)(C)c1ccc(-c2nc(SCc3ccc(F)cc3)n[nH]2)cc1. The van der Waals surface area contributed by atoms with Crippen LogP contribution in [0.25, 0.3) is 11.4 Å². The second-order valence-electron chi connectivity index (χ2n) is 6.71. The molecule has 0 spiro atoms. The zero-order valence-electron chi connectivity index (χ0n) is 14.0. The Labute approximate surface area is 145 Å². The number of nitrogens with one attached hydrogen (secondary N) is 1. The van der Waals surface area contributed by atoms with Gasteiger partial charge >= 0.3 is 0 Å². The maximum absolute atomic E-state index is 12.9. The predicted molar refractivity (Wildman–Crippen MR) is 96.5 cm³/mol. The van der Waals surface area contributed by atoms with Gasteiger partial charge in [0.15, 0.2) is 5.82 Å². The zero-order chi connectivity index (χ0) is 17.2. The quantitative estimate of drug-likeness (QED) is 0.663. The molecule has 0 unspecified atom stereocenters. The number of aromatic amines is 1. The van der Waals surface area contributed by atoms with Gasteiger partial charge in [0, 0.05) is 11.3 Å². The average molecular weight is 341 g/mol. The summed E-state index contributed by atoms with van der Waals surface area (Å²) in [7, 11) is 0. The molecule has 0 aliphatic rings. The molecule has 0 fully saturated rings. The lowest BCUT2D eigenvalue weighted by molar-refractivity contribution is 0.590. The van der Waals surface area contributed by atoms with Gasteiger partial charge in [0.05, 0.1) is 0 Å². The van der Waals surface area contributed by atoms with Crippen LogP contribution in [-0.2, 0) is 11.2 Å². The highest BCUT2D eigenvalue weighted by Crippen LogP contribution is 2.26. The van der Waals surface area contributed by atoms with Crippen molar-refractivity contribution >= 4 is 11.8 Å². The Kier molecular flexibility index (Phi) is 4.71. The number of hydrogen-bond acceptors (Lipinski definition) is 3. The summed E-state index contributed by atoms with van der Waals surface area (Å²) in [5, 5.41) is 7.92. The minimum atomic E-state index is -0.220. The normalized spacial score (nSPS) is 11.7. The van der Waals surface area contributed by atoms with E-state index in [1.54, 1.807) is 12.1 Å². The van der Waals surface area contributed by atoms with Crippen molar-refractivity contribution in [2.45, 2.75) is 37.1 Å². The number of aromatic nitrogens is 3. The van der Waals surface area contributed by atoms with Crippen LogP contribution < -0.4 is 0 Å². The van der Waals surface area contributed by atoms with Gasteiger partial charge in [-0.1, -0.05) is 68.9 Å². The molecule has 5 heteroatoms. The number of rotatable bonds is 4. The highest BCUT2D eigenvalue weighted by Gasteiger charge is 2.14. The summed E-state index contributed by atoms with van der Waals surface area (Å²) >= 11 is 1.53. The van der Waals surface area contributed by atoms with Crippen LogP contribution >= 0.6 is 11.8 Å². The number of benzene rings is 2. The van der Waals surface area contributed by atoms with E-state index < -0.39 is 0 Å². The molecular formula is C19H20FN3S. The van der Waals surface area contributed by atoms with Crippen LogP contribution in [0.15, 0.2) is 53.7 Å². The summed E-state index contributed by atoms with van der Waals surface area (Å²) in [6, 6.07) is 14.9. The van der Waals surface area contributed by atoms with E-state index in [0.717, 1.165) is 17.0 Å². The van der Waals surface area contributed by atoms with Crippen molar-refractivity contribution in [1.29, 1.82) is 0 Å². The van der Waals surface area contributed by atoms with Crippen LogP contribution in [0.2, 0.25) is 0 Å². The average Bonchev–Trinajstić information content (AvgIpc) is 3.03. The van der Waals surface area contributed by atoms with Crippen molar-refractivity contribution in [3.63, 3.8) is 0 Å². The smallest absolute Gasteiger partial charge is 0.209 e. The first-order valence-corrected chi connectivity index (χ1v) is 8.81. The van der Waals surface area contributed by atoms with Gasteiger partial charge in [-0.25, -0.2) is 9.37 Å². The topological polar surface area (TPSA) is 41.6 Å². The summed E-state index contributed by atoms with van der Waals surface area (Å²) in [6.45, 7) is 6.59. The minimum Gasteiger partial charge on any atom is -0.258 e. The van der Waals surface area contributed by atoms with Crippen molar-refractivity contribution in [3.8, 4) is 11.4 Å². The van der Waals surface area contributed by atoms with Crippen LogP contribution in [0, 0.1) is 5.82 Å². The zero-order valence-corrected chi connectivity index (χ0v) is 14.8. The third-order valence-corrected chi connectivity index (χ3v) is 4.69. The van der Waals surface area contributed by atoms with Gasteiger partial charge < -0.3 is 0 Å². The van der Waals surface area contributed by atoms with Gasteiger partial charge in [-0.2, -0.15) is 0 Å². The first kappa shape index (κ1) is 16.7. The highest BCUT2D eigenvalue weighted by atomic mass is 32.2. The van der Waals surface area contributed by atoms with E-state index in [-0.39, 0.29) is 11.2 Å². The molecule has 0 atom stereocenters. The lowest BCUT2D eigenvalue weighted by Gasteiger charge is -2.18. The summed E-state index contributed by atoms with van der Waals surface area (Å²) in [5.74, 6) is 1.25. The monoisotopic (exact) mass is 341 g/mol. The molecule has 2 aromatic carbocycles. The third-order valence-electron chi connectivity index (χ3n) is 3.77. The fourth-order valence-electron chi connectivity index (χ4n) is 2.30. The van der Waals surface area contributed by atoms with Crippen LogP contribution in [0.5, 0.6) is 0 Å². The van der Waals surface area contributed by atoms with E-state index in [2.05, 4.69) is 60.2 Å². The van der Waals surface area contributed by atoms with E-state index in [0.29, 0.717) is 10.9 Å². The van der Waals surface area contributed by atoms with Gasteiger partial charge in [0.1, 0.15) is 5.82 Å². The number of hydrogen-bond donors (Lipinski definition) is 1. The first-order valence-electron chi connectivity index (χ1n) is 7.82. The molecule has 0 saturated carbocycles. The lowest BCUT2D eigenvalue weighted by Crippen LogP contribution is -2.10. The molecule has 3 aromatic rings. The number of halogens is 1. The summed E-state index contributed by atoms with van der Waals surface area (Å²) in [5.41, 5.74) is 3.49. The maximum Gasteiger partial charge on any atom is 0.209 e. The van der Waals surface area contributed by atoms with Crippen molar-refractivity contribution in [1.82, 2.24) is 15.2 Å². The molecule has 0 aliphatic heterocycles. The summed E-state index contributed by atoms with van der Waals surface area (Å²) in [4.78, 5) is 4.53. The molecule has 1 heterocycles. The van der Waals surface area contributed by atoms with E-state index in [1.807, 2.05) is 0 Å². The van der Waals surface area contributed by atoms with E-state index in [1.165, 1.54) is 29.5 Å². The molecule has 1 aromatic heterocycles. The molecular weight excluding hydrogens is 321 g/mol. The number of nitrogens with zero attached hydrogens (tertiary/aromatic N) is 2. The van der Waals surface area contributed by atoms with Gasteiger partial charge in [0.2, 0.25) is 5.16 Å². The molecule has 3 nitrogen and oxygen atoms in total. The van der Waals surface area contributed by atoms with E-state index in [9.17, 15) is 4.39 Å². The molecule has 0 saturated heterocycles. The Morgan fingerprint density at radius 3 is 2.29 bits per heavy atom. The van der Waals surface area contributed by atoms with Crippen LogP contribution in [0.3, 0.4) is 0 Å². The van der Waals surface area contributed by atoms with Crippen molar-refractivity contribution in [2.75, 3.05) is 0 Å². The van der Waals surface area contributed by atoms with Crippen LogP contribution in [-0.4, -0.2) is 15.2 Å². The number of H-pyrrole nitrogens is 1. The predicted octanol–water partition coefficient (Wildman–Crippen LogP) is 5.20. The van der Waals surface area contributed by atoms with Gasteiger partial charge in [-0.3, -0.25) is 5.10 Å². The molecule has 0 amide bonds. The Morgan fingerprint density at radius 1 is 1.00 bits per heavy atom. The molecule has 24 heavy (non-hydrogen) atoms. The van der Waals surface area contributed by atoms with Gasteiger partial charge in [-0.15, -0.1) is 5.10 Å². The van der Waals surface area contributed by atoms with Crippen molar-refractivity contribution in [2.24, 2.45) is 0 Å². The fraction of sp³-hybridized carbons (Fsp3) is 0.263. The van der Waals surface area contributed by atoms with Crippen LogP contribution in [0.1, 0.15) is 31.9 Å². The Hall–Kier alpha value is -2.14. The van der Waals surface area contributed by atoms with Gasteiger partial charge in [0.25, 0.3) is 0 Å². The van der Waals surface area contributed by atoms with E-state index >= 15 is 0 Å². The van der Waals surface area contributed by atoms with Crippen molar-refractivity contribution < 1.29 is 4.39 Å². The molecule has 0 radical (unpaired) electrons. The van der Waals surface area contributed by atoms with Crippen LogP contribution in [0.4, 0.5) is 4.39 Å². The second kappa shape index (κ2) is 6.77. The standard InChI is InChI=1S/C19H20FN3S/c1-19(2,3)15-8-6-14(7-9-15)17-21-18(23-22-17)24-12-13-4-10-16(20)11-5-13/h4-11H,12H2,1-3H3,(H,21,22,23). The molecule has 3 rings (SSSR count). The van der Waals surface area contributed by atoms with Crippen molar-refractivity contribution in [3.05, 3.63) is 65.5 Å². The maximum atomic E-state index is 12.9. The molecule has 1 N–H and O–H groups in total. The Balaban J connectivity index is 1.68. The third kappa shape index (κ3) is 4.03. The largest absolute Gasteiger partial charge is 0.258 e. The summed E-state index contributed by atoms with van der Waals surface area (Å²) < 4.78 is 12.9. The molecule has 0 bridgehead atoms. The summed E-state index contributed by atoms with van der Waals surface area (Å²) in [6.07, 6.45) is 0. The number of thioether (sulfide) groups is 1. The molecule has 0 aliphatic carbocycles. The molecule has 124 valence electrons.